The van der Waals surface area contributed by atoms with Gasteiger partial charge in [-0.05, 0) is 43.1 Å². The van der Waals surface area contributed by atoms with Gasteiger partial charge in [-0.15, -0.1) is 0 Å². The number of nitrogens with zero attached hydrogens (tertiary/aromatic N) is 1. The number of aromatic nitrogens is 1. The Hall–Kier alpha value is -1.94. The molecule has 0 saturated carbocycles. The molecule has 0 fully saturated rings. The predicted molar refractivity (Wildman–Crippen MR) is 82.1 cm³/mol. The highest BCUT2D eigenvalue weighted by atomic mass is 19.1. The molecule has 3 nitrogen and oxygen atoms in total. The average molecular weight is 288 g/mol. The molecule has 1 atom stereocenters. The van der Waals surface area contributed by atoms with Gasteiger partial charge < -0.3 is 10.1 Å². The Morgan fingerprint density at radius 1 is 1.33 bits per heavy atom. The summed E-state index contributed by atoms with van der Waals surface area (Å²) in [6.07, 6.45) is 2.68. The molecule has 1 aromatic heterocycles. The van der Waals surface area contributed by atoms with Crippen molar-refractivity contribution in [2.75, 3.05) is 13.7 Å². The van der Waals surface area contributed by atoms with Gasteiger partial charge in [0.05, 0.1) is 13.2 Å². The van der Waals surface area contributed by atoms with Crippen LogP contribution in [0.25, 0.3) is 0 Å². The average Bonchev–Trinajstić information content (AvgIpc) is 2.51. The first-order valence-corrected chi connectivity index (χ1v) is 7.15. The fourth-order valence-corrected chi connectivity index (χ4v) is 2.28. The number of pyridine rings is 1. The first kappa shape index (κ1) is 15.4. The number of hydrogen-bond acceptors (Lipinski definition) is 3. The van der Waals surface area contributed by atoms with E-state index in [4.69, 9.17) is 4.74 Å². The van der Waals surface area contributed by atoms with Gasteiger partial charge in [-0.1, -0.05) is 25.1 Å². The third kappa shape index (κ3) is 3.58. The van der Waals surface area contributed by atoms with Gasteiger partial charge in [0.2, 0.25) is 5.88 Å². The van der Waals surface area contributed by atoms with Gasteiger partial charge in [0.15, 0.2) is 0 Å². The maximum Gasteiger partial charge on any atom is 0.218 e. The smallest absolute Gasteiger partial charge is 0.218 e. The molecule has 0 aliphatic heterocycles. The quantitative estimate of drug-likeness (QED) is 0.881. The van der Waals surface area contributed by atoms with Crippen molar-refractivity contribution in [1.82, 2.24) is 10.3 Å². The number of aryl methyl sites for hydroxylation is 1. The van der Waals surface area contributed by atoms with Gasteiger partial charge in [-0.25, -0.2) is 9.37 Å². The number of ether oxygens (including phenoxy) is 1. The SMILES string of the molecule is CCCNC(c1ccc(C)c(F)c1)c1cccnc1OC. The lowest BCUT2D eigenvalue weighted by Gasteiger charge is -2.21. The lowest BCUT2D eigenvalue weighted by atomic mass is 9.98. The lowest BCUT2D eigenvalue weighted by molar-refractivity contribution is 0.386. The van der Waals surface area contributed by atoms with Gasteiger partial charge in [0, 0.05) is 11.8 Å². The number of nitrogens with one attached hydrogen (secondary N) is 1. The number of methoxy groups -OCH3 is 1. The molecule has 4 heteroatoms. The van der Waals surface area contributed by atoms with Crippen LogP contribution in [0.3, 0.4) is 0 Å². The van der Waals surface area contributed by atoms with E-state index in [0.29, 0.717) is 11.4 Å². The monoisotopic (exact) mass is 288 g/mol. The number of hydrogen-bond donors (Lipinski definition) is 1. The molecule has 1 N–H and O–H groups in total. The summed E-state index contributed by atoms with van der Waals surface area (Å²) in [5, 5.41) is 3.44. The molecule has 2 aromatic rings. The molecule has 0 radical (unpaired) electrons. The number of halogens is 1. The topological polar surface area (TPSA) is 34.2 Å². The van der Waals surface area contributed by atoms with E-state index < -0.39 is 0 Å². The molecule has 0 amide bonds. The van der Waals surface area contributed by atoms with Crippen LogP contribution in [0, 0.1) is 12.7 Å². The zero-order valence-corrected chi connectivity index (χ0v) is 12.7. The minimum Gasteiger partial charge on any atom is -0.481 e. The Morgan fingerprint density at radius 2 is 2.14 bits per heavy atom. The van der Waals surface area contributed by atoms with Crippen LogP contribution >= 0.6 is 0 Å². The molecule has 0 spiro atoms. The summed E-state index contributed by atoms with van der Waals surface area (Å²) in [6, 6.07) is 9.00. The summed E-state index contributed by atoms with van der Waals surface area (Å²) in [4.78, 5) is 4.24. The third-order valence-electron chi connectivity index (χ3n) is 3.43. The van der Waals surface area contributed by atoms with Gasteiger partial charge in [-0.3, -0.25) is 0 Å². The summed E-state index contributed by atoms with van der Waals surface area (Å²) in [7, 11) is 1.60. The van der Waals surface area contributed by atoms with Gasteiger partial charge in [0.1, 0.15) is 5.82 Å². The molecule has 1 heterocycles. The molecular weight excluding hydrogens is 267 g/mol. The fraction of sp³-hybridized carbons (Fsp3) is 0.353. The van der Waals surface area contributed by atoms with E-state index >= 15 is 0 Å². The van der Waals surface area contributed by atoms with E-state index in [1.54, 1.807) is 32.4 Å². The van der Waals surface area contributed by atoms with Gasteiger partial charge in [-0.2, -0.15) is 0 Å². The zero-order valence-electron chi connectivity index (χ0n) is 12.7. The van der Waals surface area contributed by atoms with Crippen LogP contribution < -0.4 is 10.1 Å². The van der Waals surface area contributed by atoms with E-state index in [2.05, 4.69) is 17.2 Å². The van der Waals surface area contributed by atoms with E-state index in [0.717, 1.165) is 24.1 Å². The normalized spacial score (nSPS) is 12.2. The second-order valence-electron chi connectivity index (χ2n) is 5.00. The molecule has 112 valence electrons. The first-order chi connectivity index (χ1) is 10.2. The third-order valence-corrected chi connectivity index (χ3v) is 3.43. The van der Waals surface area contributed by atoms with Crippen LogP contribution in [0.1, 0.15) is 36.1 Å². The van der Waals surface area contributed by atoms with Crippen molar-refractivity contribution in [3.05, 3.63) is 59.0 Å². The van der Waals surface area contributed by atoms with Crippen LogP contribution in [-0.2, 0) is 0 Å². The predicted octanol–water partition coefficient (Wildman–Crippen LogP) is 3.63. The van der Waals surface area contributed by atoms with Crippen molar-refractivity contribution in [2.45, 2.75) is 26.3 Å². The highest BCUT2D eigenvalue weighted by molar-refractivity contribution is 5.38. The molecule has 0 aliphatic carbocycles. The molecule has 1 unspecified atom stereocenters. The number of benzene rings is 1. The van der Waals surface area contributed by atoms with Crippen molar-refractivity contribution in [3.63, 3.8) is 0 Å². The summed E-state index contributed by atoms with van der Waals surface area (Å²) in [5.41, 5.74) is 2.43. The summed E-state index contributed by atoms with van der Waals surface area (Å²) in [5.74, 6) is 0.366. The first-order valence-electron chi connectivity index (χ1n) is 7.15. The highest BCUT2D eigenvalue weighted by Gasteiger charge is 2.19. The maximum atomic E-state index is 13.9. The zero-order chi connectivity index (χ0) is 15.2. The van der Waals surface area contributed by atoms with Crippen molar-refractivity contribution < 1.29 is 9.13 Å². The Labute approximate surface area is 125 Å². The van der Waals surface area contributed by atoms with E-state index in [1.807, 2.05) is 18.2 Å². The van der Waals surface area contributed by atoms with Crippen LogP contribution in [0.4, 0.5) is 4.39 Å². The second kappa shape index (κ2) is 7.18. The molecule has 21 heavy (non-hydrogen) atoms. The Balaban J connectivity index is 2.44. The Morgan fingerprint density at radius 3 is 2.81 bits per heavy atom. The van der Waals surface area contributed by atoms with E-state index in [-0.39, 0.29) is 11.9 Å². The van der Waals surface area contributed by atoms with Gasteiger partial charge in [0.25, 0.3) is 0 Å². The second-order valence-corrected chi connectivity index (χ2v) is 5.00. The summed E-state index contributed by atoms with van der Waals surface area (Å²) in [6.45, 7) is 4.69. The van der Waals surface area contributed by atoms with Crippen LogP contribution in [-0.4, -0.2) is 18.6 Å². The minimum absolute atomic E-state index is 0.135. The largest absolute Gasteiger partial charge is 0.481 e. The summed E-state index contributed by atoms with van der Waals surface area (Å²) < 4.78 is 19.2. The molecule has 0 saturated heterocycles. The van der Waals surface area contributed by atoms with Crippen molar-refractivity contribution in [3.8, 4) is 5.88 Å². The Bertz CT molecular complexity index is 601. The van der Waals surface area contributed by atoms with Crippen LogP contribution in [0.2, 0.25) is 0 Å². The summed E-state index contributed by atoms with van der Waals surface area (Å²) >= 11 is 0. The maximum absolute atomic E-state index is 13.9. The van der Waals surface area contributed by atoms with Crippen molar-refractivity contribution in [1.29, 1.82) is 0 Å². The molecule has 0 bridgehead atoms. The van der Waals surface area contributed by atoms with Crippen LogP contribution in [0.5, 0.6) is 5.88 Å². The van der Waals surface area contributed by atoms with Crippen molar-refractivity contribution >= 4 is 0 Å². The molecule has 1 aromatic carbocycles. The van der Waals surface area contributed by atoms with E-state index in [1.165, 1.54) is 0 Å². The highest BCUT2D eigenvalue weighted by Crippen LogP contribution is 2.29. The van der Waals surface area contributed by atoms with E-state index in [9.17, 15) is 4.39 Å². The van der Waals surface area contributed by atoms with Crippen molar-refractivity contribution in [2.24, 2.45) is 0 Å². The van der Waals surface area contributed by atoms with Gasteiger partial charge >= 0.3 is 0 Å². The lowest BCUT2D eigenvalue weighted by Crippen LogP contribution is -2.24. The van der Waals surface area contributed by atoms with Crippen LogP contribution in [0.15, 0.2) is 36.5 Å². The standard InChI is InChI=1S/C17H21FN2O/c1-4-9-19-16(13-8-7-12(2)15(18)11-13)14-6-5-10-20-17(14)21-3/h5-8,10-11,16,19H,4,9H2,1-3H3. The molecular formula is C17H21FN2O. The Kier molecular flexibility index (Phi) is 5.28. The minimum atomic E-state index is -0.196. The fourth-order valence-electron chi connectivity index (χ4n) is 2.28. The molecule has 2 rings (SSSR count). The molecule has 0 aliphatic rings. The number of rotatable bonds is 6.